The van der Waals surface area contributed by atoms with Crippen LogP contribution in [-0.2, 0) is 11.2 Å². The fraction of sp³-hybridized carbons (Fsp3) is 0.353. The Balaban J connectivity index is 1.31. The molecule has 3 aromatic carbocycles. The van der Waals surface area contributed by atoms with Crippen LogP contribution in [0.3, 0.4) is 0 Å². The first kappa shape index (κ1) is 29.6. The Morgan fingerprint density at radius 1 is 1.02 bits per heavy atom. The minimum atomic E-state index is -1.06. The molecule has 0 saturated carbocycles. The van der Waals surface area contributed by atoms with Crippen molar-refractivity contribution in [3.8, 4) is 0 Å². The molecule has 1 saturated heterocycles. The van der Waals surface area contributed by atoms with E-state index in [2.05, 4.69) is 52.8 Å². The number of piperidine rings is 1. The van der Waals surface area contributed by atoms with Gasteiger partial charge in [-0.3, -0.25) is 0 Å². The second-order valence-electron chi connectivity index (χ2n) is 11.8. The lowest BCUT2D eigenvalue weighted by molar-refractivity contribution is 0.0204. The molecule has 0 unspecified atom stereocenters. The quantitative estimate of drug-likeness (QED) is 0.208. The van der Waals surface area contributed by atoms with Crippen molar-refractivity contribution >= 4 is 40.7 Å². The maximum atomic E-state index is 12.5. The van der Waals surface area contributed by atoms with Crippen molar-refractivity contribution in [1.29, 1.82) is 0 Å². The van der Waals surface area contributed by atoms with Crippen molar-refractivity contribution in [1.82, 2.24) is 4.90 Å². The Hall–Kier alpha value is -3.91. The Bertz CT molecular complexity index is 1530. The Morgan fingerprint density at radius 2 is 1.71 bits per heavy atom. The van der Waals surface area contributed by atoms with Crippen LogP contribution in [-0.4, -0.2) is 47.3 Å². The number of amides is 1. The molecule has 42 heavy (non-hydrogen) atoms. The van der Waals surface area contributed by atoms with Crippen molar-refractivity contribution in [2.45, 2.75) is 63.4 Å². The molecule has 1 aliphatic rings. The molecule has 1 fully saturated rings. The van der Waals surface area contributed by atoms with E-state index in [1.807, 2.05) is 49.9 Å². The first-order valence-electron chi connectivity index (χ1n) is 14.4. The van der Waals surface area contributed by atoms with Gasteiger partial charge in [-0.15, -0.1) is 0 Å². The third-order valence-corrected chi connectivity index (χ3v) is 8.64. The number of aryl methyl sites for hydroxylation is 1. The van der Waals surface area contributed by atoms with Crippen LogP contribution in [0.15, 0.2) is 82.1 Å². The summed E-state index contributed by atoms with van der Waals surface area (Å²) in [5, 5.41) is 10.3. The van der Waals surface area contributed by atoms with Crippen LogP contribution >= 0.6 is 11.9 Å². The summed E-state index contributed by atoms with van der Waals surface area (Å²) in [6.07, 6.45) is 2.47. The summed E-state index contributed by atoms with van der Waals surface area (Å²) in [5.74, 6) is -0.670. The molecule has 1 amide bonds. The van der Waals surface area contributed by atoms with E-state index in [0.717, 1.165) is 41.8 Å². The number of carbonyl (C=O) groups is 2. The number of aromatic carboxylic acids is 1. The number of carboxylic acids is 1. The normalized spacial score (nSPS) is 14.2. The average molecular weight is 587 g/mol. The number of likely N-dealkylation sites (tertiary alicyclic amines) is 1. The van der Waals surface area contributed by atoms with Crippen LogP contribution in [0.4, 0.5) is 10.5 Å². The fourth-order valence-corrected chi connectivity index (χ4v) is 6.29. The molecule has 8 heteroatoms. The van der Waals surface area contributed by atoms with Crippen LogP contribution in [0.5, 0.6) is 0 Å². The van der Waals surface area contributed by atoms with E-state index in [1.54, 1.807) is 18.9 Å². The molecule has 1 aliphatic heterocycles. The van der Waals surface area contributed by atoms with Gasteiger partial charge in [-0.05, 0) is 106 Å². The standard InChI is InChI=1S/C34H38N2O5S/c1-23-29-22-28(14-15-30(29)40-31(23)32(37)38)42-36(21-16-24-8-6-5-7-9-24)27-12-10-25(11-13-27)26-17-19-35(20-18-26)33(39)41-34(2,3)4/h5-15,22,26H,16-21H2,1-4H3,(H,37,38). The number of hydrogen-bond acceptors (Lipinski definition) is 6. The molecule has 7 nitrogen and oxygen atoms in total. The van der Waals surface area contributed by atoms with Gasteiger partial charge in [-0.25, -0.2) is 9.59 Å². The molecule has 1 N–H and O–H groups in total. The summed E-state index contributed by atoms with van der Waals surface area (Å²) in [5.41, 5.74) is 4.38. The molecule has 2 heterocycles. The number of rotatable bonds is 8. The average Bonchev–Trinajstić information content (AvgIpc) is 3.31. The third-order valence-electron chi connectivity index (χ3n) is 7.56. The predicted molar refractivity (Wildman–Crippen MR) is 167 cm³/mol. The molecule has 4 aromatic rings. The van der Waals surface area contributed by atoms with Crippen molar-refractivity contribution in [3.63, 3.8) is 0 Å². The van der Waals surface area contributed by atoms with Gasteiger partial charge in [0, 0.05) is 41.2 Å². The first-order valence-corrected chi connectivity index (χ1v) is 15.2. The van der Waals surface area contributed by atoms with Gasteiger partial charge >= 0.3 is 12.1 Å². The highest BCUT2D eigenvalue weighted by molar-refractivity contribution is 8.00. The minimum Gasteiger partial charge on any atom is -0.475 e. The summed E-state index contributed by atoms with van der Waals surface area (Å²) in [4.78, 5) is 26.9. The number of carbonyl (C=O) groups excluding carboxylic acids is 1. The number of ether oxygens (including phenoxy) is 1. The molecule has 0 aliphatic carbocycles. The van der Waals surface area contributed by atoms with Crippen molar-refractivity contribution < 1.29 is 23.8 Å². The SMILES string of the molecule is Cc1c(C(=O)O)oc2ccc(SN(CCc3ccccc3)c3ccc(C4CCN(C(=O)OC(C)(C)C)CC4)cc3)cc12. The van der Waals surface area contributed by atoms with E-state index < -0.39 is 11.6 Å². The van der Waals surface area contributed by atoms with E-state index >= 15 is 0 Å². The lowest BCUT2D eigenvalue weighted by Crippen LogP contribution is -2.41. The number of fused-ring (bicyclic) bond motifs is 1. The van der Waals surface area contributed by atoms with E-state index in [-0.39, 0.29) is 11.9 Å². The van der Waals surface area contributed by atoms with E-state index in [0.29, 0.717) is 30.2 Å². The van der Waals surface area contributed by atoms with Gasteiger partial charge in [0.05, 0.1) is 0 Å². The van der Waals surface area contributed by atoms with Crippen LogP contribution < -0.4 is 4.31 Å². The maximum Gasteiger partial charge on any atom is 0.410 e. The maximum absolute atomic E-state index is 12.5. The molecule has 0 atom stereocenters. The number of anilines is 1. The zero-order chi connectivity index (χ0) is 29.9. The van der Waals surface area contributed by atoms with Crippen LogP contribution in [0.1, 0.15) is 66.8 Å². The highest BCUT2D eigenvalue weighted by Gasteiger charge is 2.27. The fourth-order valence-electron chi connectivity index (χ4n) is 5.33. The number of hydrogen-bond donors (Lipinski definition) is 1. The van der Waals surface area contributed by atoms with Gasteiger partial charge in [0.25, 0.3) is 0 Å². The largest absolute Gasteiger partial charge is 0.475 e. The topological polar surface area (TPSA) is 83.2 Å². The third kappa shape index (κ3) is 7.10. The number of nitrogens with zero attached hydrogens (tertiary/aromatic N) is 2. The van der Waals surface area contributed by atoms with Crippen molar-refractivity contribution in [3.05, 3.63) is 95.2 Å². The van der Waals surface area contributed by atoms with Gasteiger partial charge in [-0.1, -0.05) is 42.5 Å². The summed E-state index contributed by atoms with van der Waals surface area (Å²) >= 11 is 1.64. The zero-order valence-electron chi connectivity index (χ0n) is 24.6. The van der Waals surface area contributed by atoms with Crippen LogP contribution in [0.2, 0.25) is 0 Å². The van der Waals surface area contributed by atoms with E-state index in [4.69, 9.17) is 9.15 Å². The lowest BCUT2D eigenvalue weighted by Gasteiger charge is -2.33. The Morgan fingerprint density at radius 3 is 2.36 bits per heavy atom. The number of furan rings is 1. The van der Waals surface area contributed by atoms with E-state index in [1.165, 1.54) is 11.1 Å². The number of carboxylic acid groups (broad SMARTS) is 1. The minimum absolute atomic E-state index is 0.0133. The molecule has 1 aromatic heterocycles. The number of benzene rings is 3. The monoisotopic (exact) mass is 586 g/mol. The Labute approximate surface area is 251 Å². The smallest absolute Gasteiger partial charge is 0.410 e. The summed E-state index contributed by atoms with van der Waals surface area (Å²) in [6.45, 7) is 9.66. The lowest BCUT2D eigenvalue weighted by atomic mass is 9.89. The predicted octanol–water partition coefficient (Wildman–Crippen LogP) is 8.31. The molecule has 5 rings (SSSR count). The zero-order valence-corrected chi connectivity index (χ0v) is 25.4. The Kier molecular flexibility index (Phi) is 8.82. The van der Waals surface area contributed by atoms with Crippen molar-refractivity contribution in [2.75, 3.05) is 23.9 Å². The van der Waals surface area contributed by atoms with Crippen LogP contribution in [0.25, 0.3) is 11.0 Å². The molecule has 0 spiro atoms. The van der Waals surface area contributed by atoms with E-state index in [9.17, 15) is 14.7 Å². The summed E-state index contributed by atoms with van der Waals surface area (Å²) in [6, 6.07) is 25.0. The van der Waals surface area contributed by atoms with Gasteiger partial charge in [-0.2, -0.15) is 0 Å². The first-order chi connectivity index (χ1) is 20.1. The highest BCUT2D eigenvalue weighted by Crippen LogP contribution is 2.36. The van der Waals surface area contributed by atoms with Crippen molar-refractivity contribution in [2.24, 2.45) is 0 Å². The van der Waals surface area contributed by atoms with Crippen LogP contribution in [0, 0.1) is 6.92 Å². The highest BCUT2D eigenvalue weighted by atomic mass is 32.2. The summed E-state index contributed by atoms with van der Waals surface area (Å²) < 4.78 is 13.4. The molecule has 220 valence electrons. The summed E-state index contributed by atoms with van der Waals surface area (Å²) in [7, 11) is 0. The molecular formula is C34H38N2O5S. The van der Waals surface area contributed by atoms with Gasteiger partial charge in [0.1, 0.15) is 11.2 Å². The molecule has 0 radical (unpaired) electrons. The van der Waals surface area contributed by atoms with Gasteiger partial charge in [0.15, 0.2) is 0 Å². The second-order valence-corrected chi connectivity index (χ2v) is 12.9. The van der Waals surface area contributed by atoms with Gasteiger partial charge in [0.2, 0.25) is 5.76 Å². The molecule has 0 bridgehead atoms. The second kappa shape index (κ2) is 12.5. The molecular weight excluding hydrogens is 548 g/mol. The van der Waals surface area contributed by atoms with Gasteiger partial charge < -0.3 is 23.5 Å².